The van der Waals surface area contributed by atoms with Gasteiger partial charge in [0.15, 0.2) is 0 Å². The summed E-state index contributed by atoms with van der Waals surface area (Å²) in [6.45, 7) is 0. The van der Waals surface area contributed by atoms with Crippen LogP contribution in [0, 0.1) is 0 Å². The van der Waals surface area contributed by atoms with Crippen LogP contribution in [-0.2, 0) is 19.6 Å². The van der Waals surface area contributed by atoms with Crippen LogP contribution < -0.4 is 10.0 Å². The van der Waals surface area contributed by atoms with Gasteiger partial charge < -0.3 is 10.1 Å². The molecule has 6 nitrogen and oxygen atoms in total. The summed E-state index contributed by atoms with van der Waals surface area (Å²) in [6.07, 6.45) is -0.166. The molecule has 0 unspecified atom stereocenters. The number of nitrogens with one attached hydrogen (secondary N) is 2. The molecule has 0 saturated heterocycles. The zero-order valence-corrected chi connectivity index (χ0v) is 11.1. The first-order valence-corrected chi connectivity index (χ1v) is 6.97. The minimum atomic E-state index is -3.53. The van der Waals surface area contributed by atoms with Crippen LogP contribution in [-0.4, -0.2) is 34.3 Å². The first-order valence-electron chi connectivity index (χ1n) is 5.32. The van der Waals surface area contributed by atoms with E-state index in [1.165, 1.54) is 7.11 Å². The van der Waals surface area contributed by atoms with E-state index in [2.05, 4.69) is 14.8 Å². The van der Waals surface area contributed by atoms with E-state index in [4.69, 9.17) is 0 Å². The maximum atomic E-state index is 11.6. The van der Waals surface area contributed by atoms with Crippen molar-refractivity contribution in [3.05, 3.63) is 24.3 Å². The number of hydrogen-bond acceptors (Lipinski definition) is 5. The first-order chi connectivity index (χ1) is 8.46. The molecule has 1 aromatic rings. The summed E-state index contributed by atoms with van der Waals surface area (Å²) in [5, 5.41) is 2.93. The fourth-order valence-corrected chi connectivity index (χ4v) is 2.29. The van der Waals surface area contributed by atoms with Gasteiger partial charge in [0.25, 0.3) is 0 Å². The van der Waals surface area contributed by atoms with Crippen LogP contribution in [0.4, 0.5) is 11.4 Å². The molecule has 0 atom stereocenters. The number of benzene rings is 1. The van der Waals surface area contributed by atoms with Crippen molar-refractivity contribution in [3.63, 3.8) is 0 Å². The smallest absolute Gasteiger partial charge is 0.306 e. The van der Waals surface area contributed by atoms with E-state index in [1.807, 2.05) is 0 Å². The maximum Gasteiger partial charge on any atom is 0.306 e. The molecule has 0 radical (unpaired) electrons. The number of rotatable bonds is 6. The van der Waals surface area contributed by atoms with E-state index >= 15 is 0 Å². The molecule has 7 heteroatoms. The standard InChI is InChI=1S/C11H16N2O4S/c1-12-9-3-5-10(6-4-9)13-18(15,16)8-7-11(14)17-2/h3-6,12-13H,7-8H2,1-2H3. The number of esters is 1. The molecule has 2 N–H and O–H groups in total. The van der Waals surface area contributed by atoms with Crippen molar-refractivity contribution in [2.45, 2.75) is 6.42 Å². The molecule has 0 saturated carbocycles. The number of sulfonamides is 1. The first kappa shape index (κ1) is 14.3. The van der Waals surface area contributed by atoms with E-state index in [1.54, 1.807) is 31.3 Å². The van der Waals surface area contributed by atoms with Crippen molar-refractivity contribution in [3.8, 4) is 0 Å². The fourth-order valence-electron chi connectivity index (χ4n) is 1.26. The van der Waals surface area contributed by atoms with Crippen LogP contribution in [0.25, 0.3) is 0 Å². The molecule has 100 valence electrons. The normalized spacial score (nSPS) is 10.8. The monoisotopic (exact) mass is 272 g/mol. The Morgan fingerprint density at radius 1 is 1.22 bits per heavy atom. The second-order valence-corrected chi connectivity index (χ2v) is 5.42. The van der Waals surface area contributed by atoms with Crippen molar-refractivity contribution in [1.29, 1.82) is 0 Å². The third-order valence-corrected chi connectivity index (χ3v) is 3.54. The summed E-state index contributed by atoms with van der Waals surface area (Å²) in [7, 11) is -0.536. The Kier molecular flexibility index (Phi) is 4.96. The van der Waals surface area contributed by atoms with E-state index in [-0.39, 0.29) is 12.2 Å². The molecule has 0 heterocycles. The van der Waals surface area contributed by atoms with Crippen molar-refractivity contribution in [2.75, 3.05) is 29.9 Å². The van der Waals surface area contributed by atoms with Gasteiger partial charge in [-0.15, -0.1) is 0 Å². The number of carbonyl (C=O) groups excluding carboxylic acids is 1. The molecule has 1 aromatic carbocycles. The minimum absolute atomic E-state index is 0.166. The molecular weight excluding hydrogens is 256 g/mol. The van der Waals surface area contributed by atoms with Gasteiger partial charge in [-0.05, 0) is 24.3 Å². The van der Waals surface area contributed by atoms with Gasteiger partial charge in [-0.25, -0.2) is 8.42 Å². The zero-order valence-electron chi connectivity index (χ0n) is 10.3. The lowest BCUT2D eigenvalue weighted by atomic mass is 10.3. The Morgan fingerprint density at radius 2 is 1.78 bits per heavy atom. The third-order valence-electron chi connectivity index (χ3n) is 2.25. The van der Waals surface area contributed by atoms with E-state index < -0.39 is 16.0 Å². The van der Waals surface area contributed by atoms with Crippen LogP contribution in [0.1, 0.15) is 6.42 Å². The lowest BCUT2D eigenvalue weighted by Crippen LogP contribution is -2.19. The van der Waals surface area contributed by atoms with Crippen molar-refractivity contribution >= 4 is 27.4 Å². The van der Waals surface area contributed by atoms with Crippen molar-refractivity contribution in [1.82, 2.24) is 0 Å². The van der Waals surface area contributed by atoms with Crippen LogP contribution in [0.15, 0.2) is 24.3 Å². The van der Waals surface area contributed by atoms with Gasteiger partial charge in [-0.3, -0.25) is 9.52 Å². The summed E-state index contributed by atoms with van der Waals surface area (Å²) in [6, 6.07) is 6.78. The predicted octanol–water partition coefficient (Wildman–Crippen LogP) is 1.03. The number of anilines is 2. The molecule has 0 aromatic heterocycles. The summed E-state index contributed by atoms with van der Waals surface area (Å²) >= 11 is 0. The third kappa shape index (κ3) is 4.62. The average Bonchev–Trinajstić information content (AvgIpc) is 2.36. The molecule has 0 aliphatic rings. The van der Waals surface area contributed by atoms with Gasteiger partial charge in [0.1, 0.15) is 0 Å². The topological polar surface area (TPSA) is 84.5 Å². The predicted molar refractivity (Wildman–Crippen MR) is 70.0 cm³/mol. The maximum absolute atomic E-state index is 11.6. The molecule has 0 amide bonds. The highest BCUT2D eigenvalue weighted by Crippen LogP contribution is 2.14. The van der Waals surface area contributed by atoms with E-state index in [0.717, 1.165) is 5.69 Å². The lowest BCUT2D eigenvalue weighted by Gasteiger charge is -2.08. The number of carbonyl (C=O) groups is 1. The number of hydrogen-bond donors (Lipinski definition) is 2. The molecule has 0 spiro atoms. The van der Waals surface area contributed by atoms with Crippen LogP contribution in [0.2, 0.25) is 0 Å². The summed E-state index contributed by atoms with van der Waals surface area (Å²) in [4.78, 5) is 10.9. The highest BCUT2D eigenvalue weighted by atomic mass is 32.2. The van der Waals surface area contributed by atoms with Gasteiger partial charge in [-0.2, -0.15) is 0 Å². The summed E-state index contributed by atoms with van der Waals surface area (Å²) < 4.78 is 30.1. The average molecular weight is 272 g/mol. The van der Waals surface area contributed by atoms with Crippen LogP contribution in [0.3, 0.4) is 0 Å². The zero-order chi connectivity index (χ0) is 13.6. The van der Waals surface area contributed by atoms with E-state index in [9.17, 15) is 13.2 Å². The molecule has 18 heavy (non-hydrogen) atoms. The number of methoxy groups -OCH3 is 1. The lowest BCUT2D eigenvalue weighted by molar-refractivity contribution is -0.140. The Labute approximate surface area is 106 Å². The van der Waals surface area contributed by atoms with Crippen molar-refractivity contribution in [2.24, 2.45) is 0 Å². The second kappa shape index (κ2) is 6.25. The molecule has 0 aliphatic carbocycles. The molecule has 0 fully saturated rings. The molecule has 0 aliphatic heterocycles. The summed E-state index contributed by atoms with van der Waals surface area (Å²) in [5.41, 5.74) is 1.34. The van der Waals surface area contributed by atoms with Crippen LogP contribution in [0.5, 0.6) is 0 Å². The Balaban J connectivity index is 2.61. The van der Waals surface area contributed by atoms with Crippen LogP contribution >= 0.6 is 0 Å². The Morgan fingerprint density at radius 3 is 2.28 bits per heavy atom. The molecule has 1 rings (SSSR count). The SMILES string of the molecule is CNc1ccc(NS(=O)(=O)CCC(=O)OC)cc1. The van der Waals surface area contributed by atoms with Gasteiger partial charge >= 0.3 is 5.97 Å². The van der Waals surface area contributed by atoms with E-state index in [0.29, 0.717) is 5.69 Å². The largest absolute Gasteiger partial charge is 0.469 e. The van der Waals surface area contributed by atoms with Gasteiger partial charge in [-0.1, -0.05) is 0 Å². The number of ether oxygens (including phenoxy) is 1. The molecule has 0 bridgehead atoms. The highest BCUT2D eigenvalue weighted by Gasteiger charge is 2.13. The summed E-state index contributed by atoms with van der Waals surface area (Å²) in [5.74, 6) is -0.848. The van der Waals surface area contributed by atoms with Gasteiger partial charge in [0.05, 0.1) is 19.3 Å². The second-order valence-electron chi connectivity index (χ2n) is 3.57. The Hall–Kier alpha value is -1.76. The van der Waals surface area contributed by atoms with Gasteiger partial charge in [0, 0.05) is 18.4 Å². The van der Waals surface area contributed by atoms with Crippen molar-refractivity contribution < 1.29 is 17.9 Å². The van der Waals surface area contributed by atoms with Gasteiger partial charge in [0.2, 0.25) is 10.0 Å². The minimum Gasteiger partial charge on any atom is -0.469 e. The Bertz CT molecular complexity index is 496. The molecular formula is C11H16N2O4S. The fraction of sp³-hybridized carbons (Fsp3) is 0.364. The highest BCUT2D eigenvalue weighted by molar-refractivity contribution is 7.92. The quantitative estimate of drug-likeness (QED) is 0.756.